The predicted octanol–water partition coefficient (Wildman–Crippen LogP) is 4.80. The van der Waals surface area contributed by atoms with Gasteiger partial charge in [-0.05, 0) is 107 Å². The molecular weight excluding hydrogens is 390 g/mol. The Balaban J connectivity index is 2.46. The third-order valence-corrected chi connectivity index (χ3v) is 5.61. The summed E-state index contributed by atoms with van der Waals surface area (Å²) in [5.41, 5.74) is 8.09. The quantitative estimate of drug-likeness (QED) is 0.557. The first-order chi connectivity index (χ1) is 14.4. The van der Waals surface area contributed by atoms with Crippen molar-refractivity contribution in [2.45, 2.75) is 67.5 Å². The summed E-state index contributed by atoms with van der Waals surface area (Å²) in [5.74, 6) is -0.599. The summed E-state index contributed by atoms with van der Waals surface area (Å²) in [6.07, 6.45) is 3.73. The summed E-state index contributed by atoms with van der Waals surface area (Å²) in [5, 5.41) is 14.8. The molecule has 0 unspecified atom stereocenters. The van der Waals surface area contributed by atoms with Crippen molar-refractivity contribution in [1.29, 1.82) is 0 Å². The molecule has 2 rings (SSSR count). The van der Waals surface area contributed by atoms with E-state index in [1.165, 1.54) is 6.92 Å². The van der Waals surface area contributed by atoms with Gasteiger partial charge in [0, 0.05) is 23.4 Å². The number of anilines is 1. The predicted molar refractivity (Wildman–Crippen MR) is 126 cm³/mol. The van der Waals surface area contributed by atoms with Crippen molar-refractivity contribution in [2.75, 3.05) is 5.32 Å². The number of carboxylic acids is 1. The van der Waals surface area contributed by atoms with E-state index in [4.69, 9.17) is 5.11 Å². The van der Waals surface area contributed by atoms with Crippen LogP contribution in [-0.4, -0.2) is 34.1 Å². The standard InChI is InChI=1S/C25H33N3O3/c1-13(2)27-22-10-9-20(12-26-22)23-17(6)15(4)21(16(5)18(23)7)11-14(3)24(29)28-19(8)25(30)31/h9-13,19H,1-8H3,(H,26,27)(H,28,29)(H,30,31)/b14-11+/t19-/m1/s1. The molecule has 1 atom stereocenters. The average Bonchev–Trinajstić information content (AvgIpc) is 2.70. The molecule has 166 valence electrons. The second-order valence-electron chi connectivity index (χ2n) is 8.38. The fraction of sp³-hybridized carbons (Fsp3) is 0.400. The summed E-state index contributed by atoms with van der Waals surface area (Å²) < 4.78 is 0. The van der Waals surface area contributed by atoms with Crippen molar-refractivity contribution >= 4 is 23.8 Å². The molecule has 0 fully saturated rings. The summed E-state index contributed by atoms with van der Waals surface area (Å²) >= 11 is 0. The highest BCUT2D eigenvalue weighted by Gasteiger charge is 2.18. The number of benzene rings is 1. The molecule has 3 N–H and O–H groups in total. The summed E-state index contributed by atoms with van der Waals surface area (Å²) in [4.78, 5) is 28.0. The largest absolute Gasteiger partial charge is 0.480 e. The van der Waals surface area contributed by atoms with Crippen molar-refractivity contribution in [3.05, 3.63) is 51.7 Å². The molecule has 0 bridgehead atoms. The van der Waals surface area contributed by atoms with Gasteiger partial charge in [-0.15, -0.1) is 0 Å². The number of rotatable bonds is 7. The van der Waals surface area contributed by atoms with E-state index in [0.717, 1.165) is 44.8 Å². The Labute approximate surface area is 184 Å². The molecule has 0 aliphatic rings. The fourth-order valence-electron chi connectivity index (χ4n) is 3.57. The highest BCUT2D eigenvalue weighted by molar-refractivity contribution is 5.99. The lowest BCUT2D eigenvalue weighted by molar-refractivity contribution is -0.140. The van der Waals surface area contributed by atoms with Gasteiger partial charge in [-0.25, -0.2) is 4.98 Å². The van der Waals surface area contributed by atoms with Gasteiger partial charge in [0.15, 0.2) is 0 Å². The Morgan fingerprint density at radius 1 is 1.00 bits per heavy atom. The minimum Gasteiger partial charge on any atom is -0.480 e. The van der Waals surface area contributed by atoms with Crippen LogP contribution in [0.25, 0.3) is 17.2 Å². The van der Waals surface area contributed by atoms with Gasteiger partial charge in [0.1, 0.15) is 11.9 Å². The van der Waals surface area contributed by atoms with Crippen LogP contribution in [0.1, 0.15) is 55.5 Å². The first-order valence-corrected chi connectivity index (χ1v) is 10.5. The number of carbonyl (C=O) groups excluding carboxylic acids is 1. The van der Waals surface area contributed by atoms with Crippen LogP contribution in [0.15, 0.2) is 23.9 Å². The lowest BCUT2D eigenvalue weighted by Gasteiger charge is -2.20. The van der Waals surface area contributed by atoms with Crippen LogP contribution >= 0.6 is 0 Å². The van der Waals surface area contributed by atoms with E-state index in [0.29, 0.717) is 11.6 Å². The molecule has 31 heavy (non-hydrogen) atoms. The van der Waals surface area contributed by atoms with Gasteiger partial charge in [-0.1, -0.05) is 0 Å². The summed E-state index contributed by atoms with van der Waals surface area (Å²) in [6, 6.07) is 3.44. The van der Waals surface area contributed by atoms with E-state index in [1.807, 2.05) is 32.2 Å². The van der Waals surface area contributed by atoms with E-state index in [9.17, 15) is 9.59 Å². The number of aromatic nitrogens is 1. The minimum absolute atomic E-state index is 0.316. The zero-order valence-electron chi connectivity index (χ0n) is 19.7. The van der Waals surface area contributed by atoms with Crippen molar-refractivity contribution in [3.63, 3.8) is 0 Å². The molecule has 1 aromatic heterocycles. The Morgan fingerprint density at radius 3 is 2.03 bits per heavy atom. The van der Waals surface area contributed by atoms with Gasteiger partial charge in [0.2, 0.25) is 5.91 Å². The number of pyridine rings is 1. The molecule has 1 aromatic carbocycles. The van der Waals surface area contributed by atoms with Crippen LogP contribution in [0.4, 0.5) is 5.82 Å². The van der Waals surface area contributed by atoms with Gasteiger partial charge in [-0.3, -0.25) is 9.59 Å². The number of carbonyl (C=O) groups is 2. The van der Waals surface area contributed by atoms with Crippen molar-refractivity contribution < 1.29 is 14.7 Å². The second kappa shape index (κ2) is 9.77. The maximum atomic E-state index is 12.4. The van der Waals surface area contributed by atoms with Crippen LogP contribution in [0.3, 0.4) is 0 Å². The Hall–Kier alpha value is -3.15. The first-order valence-electron chi connectivity index (χ1n) is 10.5. The van der Waals surface area contributed by atoms with E-state index >= 15 is 0 Å². The van der Waals surface area contributed by atoms with Crippen LogP contribution in [0.5, 0.6) is 0 Å². The fourth-order valence-corrected chi connectivity index (χ4v) is 3.57. The zero-order chi connectivity index (χ0) is 23.5. The Bertz CT molecular complexity index is 992. The molecule has 6 heteroatoms. The molecule has 2 aromatic rings. The van der Waals surface area contributed by atoms with Crippen LogP contribution < -0.4 is 10.6 Å². The lowest BCUT2D eigenvalue weighted by Crippen LogP contribution is -2.38. The molecular formula is C25H33N3O3. The van der Waals surface area contributed by atoms with E-state index < -0.39 is 12.0 Å². The third-order valence-electron chi connectivity index (χ3n) is 5.61. The third kappa shape index (κ3) is 5.51. The smallest absolute Gasteiger partial charge is 0.325 e. The number of nitrogens with zero attached hydrogens (tertiary/aromatic N) is 1. The van der Waals surface area contributed by atoms with Crippen LogP contribution in [0.2, 0.25) is 0 Å². The number of amides is 1. The summed E-state index contributed by atoms with van der Waals surface area (Å²) in [7, 11) is 0. The highest BCUT2D eigenvalue weighted by Crippen LogP contribution is 2.35. The average molecular weight is 424 g/mol. The van der Waals surface area contributed by atoms with E-state index in [-0.39, 0.29) is 5.91 Å². The second-order valence-corrected chi connectivity index (χ2v) is 8.38. The molecule has 0 aliphatic carbocycles. The topological polar surface area (TPSA) is 91.3 Å². The number of nitrogens with one attached hydrogen (secondary N) is 2. The van der Waals surface area contributed by atoms with E-state index in [2.05, 4.69) is 49.4 Å². The van der Waals surface area contributed by atoms with Crippen LogP contribution in [-0.2, 0) is 9.59 Å². The number of carboxylic acid groups (broad SMARTS) is 1. The molecule has 6 nitrogen and oxygen atoms in total. The van der Waals surface area contributed by atoms with Gasteiger partial charge >= 0.3 is 5.97 Å². The number of aliphatic carboxylic acids is 1. The zero-order valence-corrected chi connectivity index (χ0v) is 19.7. The molecule has 1 amide bonds. The van der Waals surface area contributed by atoms with Crippen molar-refractivity contribution in [1.82, 2.24) is 10.3 Å². The van der Waals surface area contributed by atoms with Gasteiger partial charge in [0.05, 0.1) is 0 Å². The minimum atomic E-state index is -1.06. The maximum Gasteiger partial charge on any atom is 0.325 e. The van der Waals surface area contributed by atoms with Gasteiger partial charge < -0.3 is 15.7 Å². The van der Waals surface area contributed by atoms with Crippen molar-refractivity contribution in [3.8, 4) is 11.1 Å². The van der Waals surface area contributed by atoms with Crippen LogP contribution in [0, 0.1) is 27.7 Å². The monoisotopic (exact) mass is 423 g/mol. The van der Waals surface area contributed by atoms with Gasteiger partial charge in [-0.2, -0.15) is 0 Å². The number of hydrogen-bond donors (Lipinski definition) is 3. The van der Waals surface area contributed by atoms with Crippen molar-refractivity contribution in [2.24, 2.45) is 0 Å². The molecule has 0 saturated heterocycles. The Morgan fingerprint density at radius 2 is 1.58 bits per heavy atom. The summed E-state index contributed by atoms with van der Waals surface area (Å²) in [6.45, 7) is 15.6. The maximum absolute atomic E-state index is 12.4. The first kappa shape index (κ1) is 24.1. The molecule has 0 spiro atoms. The van der Waals surface area contributed by atoms with E-state index in [1.54, 1.807) is 6.92 Å². The van der Waals surface area contributed by atoms with Gasteiger partial charge in [0.25, 0.3) is 0 Å². The molecule has 0 saturated carbocycles. The lowest BCUT2D eigenvalue weighted by atomic mass is 9.85. The molecule has 0 aliphatic heterocycles. The number of hydrogen-bond acceptors (Lipinski definition) is 4. The normalized spacial score (nSPS) is 12.6. The molecule has 0 radical (unpaired) electrons. The Kier molecular flexibility index (Phi) is 7.60. The highest BCUT2D eigenvalue weighted by atomic mass is 16.4. The molecule has 1 heterocycles. The SMILES string of the molecule is C/C(=C\c1c(C)c(C)c(-c2ccc(NC(C)C)nc2)c(C)c1C)C(=O)N[C@H](C)C(=O)O.